The highest BCUT2D eigenvalue weighted by molar-refractivity contribution is 7.14. The first-order valence-corrected chi connectivity index (χ1v) is 11.6. The Morgan fingerprint density at radius 3 is 2.74 bits per heavy atom. The molecule has 1 aliphatic carbocycles. The van der Waals surface area contributed by atoms with Crippen molar-refractivity contribution in [3.63, 3.8) is 0 Å². The molecule has 8 heteroatoms. The average molecular weight is 443 g/mol. The van der Waals surface area contributed by atoms with Crippen LogP contribution in [0, 0.1) is 0 Å². The van der Waals surface area contributed by atoms with Gasteiger partial charge in [-0.25, -0.2) is 9.78 Å². The van der Waals surface area contributed by atoms with Crippen LogP contribution in [-0.4, -0.2) is 49.5 Å². The quantitative estimate of drug-likeness (QED) is 0.679. The molecule has 2 aromatic rings. The largest absolute Gasteiger partial charge is 0.444 e. The lowest BCUT2D eigenvalue weighted by Crippen LogP contribution is -2.36. The summed E-state index contributed by atoms with van der Waals surface area (Å²) in [7, 11) is 0. The lowest BCUT2D eigenvalue weighted by Gasteiger charge is -2.29. The van der Waals surface area contributed by atoms with E-state index in [0.717, 1.165) is 61.2 Å². The smallest absolute Gasteiger partial charge is 0.407 e. The third-order valence-corrected chi connectivity index (χ3v) is 5.77. The number of hydrogen-bond donors (Lipinski definition) is 2. The van der Waals surface area contributed by atoms with Crippen molar-refractivity contribution in [2.75, 3.05) is 43.1 Å². The van der Waals surface area contributed by atoms with Gasteiger partial charge < -0.3 is 25.0 Å². The first-order chi connectivity index (χ1) is 14.9. The number of benzene rings is 1. The third kappa shape index (κ3) is 6.21. The van der Waals surface area contributed by atoms with E-state index in [1.54, 1.807) is 11.3 Å². The summed E-state index contributed by atoms with van der Waals surface area (Å²) in [6, 6.07) is 8.49. The van der Waals surface area contributed by atoms with Gasteiger partial charge in [0.1, 0.15) is 5.60 Å². The molecule has 1 saturated heterocycles. The number of allylic oxidation sites excluding steroid dienone is 1. The summed E-state index contributed by atoms with van der Waals surface area (Å²) in [5.41, 5.74) is 5.06. The molecule has 2 fully saturated rings. The second kappa shape index (κ2) is 9.28. The second-order valence-electron chi connectivity index (χ2n) is 8.75. The molecule has 166 valence electrons. The molecule has 31 heavy (non-hydrogen) atoms. The van der Waals surface area contributed by atoms with Crippen LogP contribution in [0.2, 0.25) is 0 Å². The third-order valence-electron chi connectivity index (χ3n) is 5.02. The molecule has 2 heterocycles. The highest BCUT2D eigenvalue weighted by Gasteiger charge is 2.21. The van der Waals surface area contributed by atoms with Gasteiger partial charge >= 0.3 is 6.09 Å². The number of nitrogens with one attached hydrogen (secondary N) is 2. The standard InChI is InChI=1S/C23H30N4O3S/c1-23(2,3)30-22(28)24-14-19(16-7-8-16)25-21-26-20(15-31-21)17-5-4-6-18(13-17)27-9-11-29-12-10-27/h4-6,13,15H,7-12,14H2,1-3H3,(H,24,28)(H,25,26). The van der Waals surface area contributed by atoms with Crippen LogP contribution in [0.3, 0.4) is 0 Å². The Kier molecular flexibility index (Phi) is 6.48. The lowest BCUT2D eigenvalue weighted by atomic mass is 10.1. The van der Waals surface area contributed by atoms with Crippen molar-refractivity contribution in [3.8, 4) is 11.3 Å². The fourth-order valence-electron chi connectivity index (χ4n) is 3.37. The monoisotopic (exact) mass is 442 g/mol. The predicted molar refractivity (Wildman–Crippen MR) is 125 cm³/mol. The molecule has 1 saturated carbocycles. The van der Waals surface area contributed by atoms with Crippen molar-refractivity contribution >= 4 is 28.2 Å². The van der Waals surface area contributed by atoms with Crippen LogP contribution >= 0.6 is 11.3 Å². The number of thiazole rings is 1. The number of alkyl carbamates (subject to hydrolysis) is 1. The number of morpholine rings is 1. The Balaban J connectivity index is 1.40. The summed E-state index contributed by atoms with van der Waals surface area (Å²) < 4.78 is 10.8. The van der Waals surface area contributed by atoms with Crippen molar-refractivity contribution in [2.45, 2.75) is 39.2 Å². The zero-order valence-electron chi connectivity index (χ0n) is 18.4. The molecular weight excluding hydrogens is 412 g/mol. The molecule has 1 aromatic carbocycles. The Labute approximate surface area is 187 Å². The van der Waals surface area contributed by atoms with Gasteiger partial charge in [-0.2, -0.15) is 0 Å². The van der Waals surface area contributed by atoms with Gasteiger partial charge in [-0.15, -0.1) is 11.3 Å². The van der Waals surface area contributed by atoms with Crippen molar-refractivity contribution in [1.29, 1.82) is 0 Å². The van der Waals surface area contributed by atoms with Crippen LogP contribution < -0.4 is 15.5 Å². The van der Waals surface area contributed by atoms with E-state index < -0.39 is 11.7 Å². The lowest BCUT2D eigenvalue weighted by molar-refractivity contribution is 0.0532. The predicted octanol–water partition coefficient (Wildman–Crippen LogP) is 4.63. The summed E-state index contributed by atoms with van der Waals surface area (Å²) in [5.74, 6) is 0. The van der Waals surface area contributed by atoms with Crippen molar-refractivity contribution in [2.24, 2.45) is 0 Å². The van der Waals surface area contributed by atoms with Gasteiger partial charge in [-0.3, -0.25) is 0 Å². The van der Waals surface area contributed by atoms with Gasteiger partial charge in [-0.05, 0) is 51.3 Å². The molecule has 0 spiro atoms. The van der Waals surface area contributed by atoms with Crippen molar-refractivity contribution in [1.82, 2.24) is 10.3 Å². The van der Waals surface area contributed by atoms with Crippen LogP contribution in [0.15, 0.2) is 40.9 Å². The number of ether oxygens (including phenoxy) is 2. The van der Waals surface area contributed by atoms with Gasteiger partial charge in [-0.1, -0.05) is 12.1 Å². The number of rotatable bonds is 6. The normalized spacial score (nSPS) is 16.1. The fourth-order valence-corrected chi connectivity index (χ4v) is 4.12. The molecule has 0 unspecified atom stereocenters. The van der Waals surface area contributed by atoms with E-state index in [9.17, 15) is 4.79 Å². The maximum atomic E-state index is 12.0. The number of nitrogens with zero attached hydrogens (tertiary/aromatic N) is 2. The van der Waals surface area contributed by atoms with E-state index in [2.05, 4.69) is 45.2 Å². The molecule has 1 aromatic heterocycles. The van der Waals surface area contributed by atoms with Crippen LogP contribution in [0.4, 0.5) is 15.6 Å². The average Bonchev–Trinajstić information content (AvgIpc) is 3.48. The minimum absolute atomic E-state index is 0.408. The first-order valence-electron chi connectivity index (χ1n) is 10.7. The SMILES string of the molecule is CC(C)(C)OC(=O)NCC(Nc1nc(-c2cccc(N3CCOCC3)c2)cs1)=C1CC1. The number of carbonyl (C=O) groups is 1. The minimum Gasteiger partial charge on any atom is -0.444 e. The number of hydrogen-bond acceptors (Lipinski definition) is 7. The van der Waals surface area contributed by atoms with E-state index in [0.29, 0.717) is 6.54 Å². The highest BCUT2D eigenvalue weighted by Crippen LogP contribution is 2.34. The van der Waals surface area contributed by atoms with Gasteiger partial charge in [0.25, 0.3) is 0 Å². The van der Waals surface area contributed by atoms with E-state index >= 15 is 0 Å². The summed E-state index contributed by atoms with van der Waals surface area (Å²) >= 11 is 1.57. The van der Waals surface area contributed by atoms with Gasteiger partial charge in [0, 0.05) is 35.4 Å². The number of carbonyl (C=O) groups excluding carboxylic acids is 1. The summed E-state index contributed by atoms with van der Waals surface area (Å²) in [4.78, 5) is 19.1. The van der Waals surface area contributed by atoms with Crippen LogP contribution in [0.5, 0.6) is 0 Å². The molecule has 2 N–H and O–H groups in total. The summed E-state index contributed by atoms with van der Waals surface area (Å²) in [5, 5.41) is 9.15. The minimum atomic E-state index is -0.510. The van der Waals surface area contributed by atoms with Crippen LogP contribution in [-0.2, 0) is 9.47 Å². The molecule has 7 nitrogen and oxygen atoms in total. The van der Waals surface area contributed by atoms with E-state index in [1.807, 2.05) is 20.8 Å². The molecule has 0 radical (unpaired) electrons. The Morgan fingerprint density at radius 2 is 2.03 bits per heavy atom. The van der Waals surface area contributed by atoms with E-state index in [4.69, 9.17) is 14.5 Å². The number of anilines is 2. The van der Waals surface area contributed by atoms with Gasteiger partial charge in [0.2, 0.25) is 0 Å². The topological polar surface area (TPSA) is 75.7 Å². The van der Waals surface area contributed by atoms with Gasteiger partial charge in [0.05, 0.1) is 25.5 Å². The maximum Gasteiger partial charge on any atom is 0.407 e. The number of amides is 1. The fraction of sp³-hybridized carbons (Fsp3) is 0.478. The Bertz CT molecular complexity index is 952. The molecule has 4 rings (SSSR count). The highest BCUT2D eigenvalue weighted by atomic mass is 32.1. The Morgan fingerprint density at radius 1 is 1.26 bits per heavy atom. The Hall–Kier alpha value is -2.58. The van der Waals surface area contributed by atoms with Crippen LogP contribution in [0.1, 0.15) is 33.6 Å². The maximum absolute atomic E-state index is 12.0. The van der Waals surface area contributed by atoms with Crippen molar-refractivity contribution < 1.29 is 14.3 Å². The molecule has 1 aliphatic heterocycles. The zero-order chi connectivity index (χ0) is 21.8. The molecule has 2 aliphatic rings. The second-order valence-corrected chi connectivity index (χ2v) is 9.61. The molecule has 0 bridgehead atoms. The first kappa shape index (κ1) is 21.6. The number of aromatic nitrogens is 1. The van der Waals surface area contributed by atoms with Gasteiger partial charge in [0.15, 0.2) is 5.13 Å². The molecule has 1 amide bonds. The summed E-state index contributed by atoms with van der Waals surface area (Å²) in [6.07, 6.45) is 1.70. The van der Waals surface area contributed by atoms with E-state index in [1.165, 1.54) is 11.3 Å². The van der Waals surface area contributed by atoms with E-state index in [-0.39, 0.29) is 0 Å². The molecule has 0 atom stereocenters. The summed E-state index contributed by atoms with van der Waals surface area (Å²) in [6.45, 7) is 9.34. The molecular formula is C23H30N4O3S. The van der Waals surface area contributed by atoms with Crippen LogP contribution in [0.25, 0.3) is 11.3 Å². The zero-order valence-corrected chi connectivity index (χ0v) is 19.2. The van der Waals surface area contributed by atoms with Crippen molar-refractivity contribution in [3.05, 3.63) is 40.9 Å².